The van der Waals surface area contributed by atoms with Gasteiger partial charge in [0.15, 0.2) is 5.82 Å². The number of benzene rings is 1. The highest BCUT2D eigenvalue weighted by atomic mass is 32.2. The van der Waals surface area contributed by atoms with E-state index in [-0.39, 0.29) is 28.8 Å². The van der Waals surface area contributed by atoms with Gasteiger partial charge in [0.2, 0.25) is 11.8 Å². The van der Waals surface area contributed by atoms with Crippen molar-refractivity contribution in [2.24, 2.45) is 0 Å². The van der Waals surface area contributed by atoms with Gasteiger partial charge in [0.25, 0.3) is 10.0 Å². The fourth-order valence-electron chi connectivity index (χ4n) is 1.92. The normalized spacial score (nSPS) is 12.7. The summed E-state index contributed by atoms with van der Waals surface area (Å²) in [5.74, 6) is -3.57. The lowest BCUT2D eigenvalue weighted by molar-refractivity contribution is 0.206. The van der Waals surface area contributed by atoms with Gasteiger partial charge in [-0.25, -0.2) is 8.42 Å². The van der Waals surface area contributed by atoms with Crippen molar-refractivity contribution >= 4 is 15.7 Å². The van der Waals surface area contributed by atoms with Crippen LogP contribution in [0.5, 0.6) is 11.8 Å². The number of aromatic nitrogens is 2. The molecular formula is C14H15F2N3O5S. The number of para-hydroxylation sites is 1. The number of methoxy groups -OCH3 is 2. The van der Waals surface area contributed by atoms with E-state index in [4.69, 9.17) is 9.47 Å². The average Bonchev–Trinajstić information content (AvgIpc) is 2.60. The standard InChI is InChI=1S/C14H15F2N3O5S/c1-23-10-7-11(24-2)18-13(17-10)12(20)8-5-3-4-6-9(8)19-25(21,22)14(15)16/h3-7,12,14,19-20H,1-2H3. The van der Waals surface area contributed by atoms with E-state index in [2.05, 4.69) is 9.97 Å². The van der Waals surface area contributed by atoms with Crippen molar-refractivity contribution in [3.63, 3.8) is 0 Å². The summed E-state index contributed by atoms with van der Waals surface area (Å²) in [5.41, 5.74) is -0.234. The third-order valence-corrected chi connectivity index (χ3v) is 4.08. The van der Waals surface area contributed by atoms with Gasteiger partial charge in [0, 0.05) is 5.56 Å². The first-order valence-corrected chi connectivity index (χ1v) is 8.37. The van der Waals surface area contributed by atoms with Crippen molar-refractivity contribution in [1.82, 2.24) is 9.97 Å². The van der Waals surface area contributed by atoms with Crippen LogP contribution in [0.2, 0.25) is 0 Å². The van der Waals surface area contributed by atoms with Gasteiger partial charge < -0.3 is 14.6 Å². The van der Waals surface area contributed by atoms with Crippen LogP contribution in [-0.2, 0) is 10.0 Å². The molecule has 0 fully saturated rings. The molecule has 1 atom stereocenters. The van der Waals surface area contributed by atoms with Crippen LogP contribution in [0.1, 0.15) is 17.5 Å². The van der Waals surface area contributed by atoms with Crippen LogP contribution in [0, 0.1) is 0 Å². The maximum Gasteiger partial charge on any atom is 0.355 e. The predicted molar refractivity (Wildman–Crippen MR) is 84.2 cm³/mol. The highest BCUT2D eigenvalue weighted by molar-refractivity contribution is 7.93. The Hall–Kier alpha value is -2.53. The fraction of sp³-hybridized carbons (Fsp3) is 0.286. The maximum atomic E-state index is 12.6. The highest BCUT2D eigenvalue weighted by Gasteiger charge is 2.27. The van der Waals surface area contributed by atoms with Crippen LogP contribution in [0.25, 0.3) is 0 Å². The van der Waals surface area contributed by atoms with Crippen molar-refractivity contribution in [3.8, 4) is 11.8 Å². The number of aliphatic hydroxyl groups is 1. The van der Waals surface area contributed by atoms with E-state index in [9.17, 15) is 22.3 Å². The third kappa shape index (κ3) is 4.31. The molecule has 25 heavy (non-hydrogen) atoms. The van der Waals surface area contributed by atoms with Crippen LogP contribution in [0.4, 0.5) is 14.5 Å². The molecule has 0 radical (unpaired) electrons. The molecule has 0 saturated heterocycles. The molecule has 1 unspecified atom stereocenters. The molecule has 1 aromatic carbocycles. The second-order valence-electron chi connectivity index (χ2n) is 4.71. The Morgan fingerprint density at radius 2 is 1.68 bits per heavy atom. The Morgan fingerprint density at radius 3 is 2.20 bits per heavy atom. The van der Waals surface area contributed by atoms with Crippen LogP contribution < -0.4 is 14.2 Å². The van der Waals surface area contributed by atoms with Gasteiger partial charge in [0.1, 0.15) is 6.10 Å². The molecule has 0 aliphatic rings. The zero-order valence-electron chi connectivity index (χ0n) is 13.2. The first-order valence-electron chi connectivity index (χ1n) is 6.82. The largest absolute Gasteiger partial charge is 0.481 e. The molecule has 2 rings (SSSR count). The predicted octanol–water partition coefficient (Wildman–Crippen LogP) is 1.54. The first-order chi connectivity index (χ1) is 11.8. The van der Waals surface area contributed by atoms with Gasteiger partial charge >= 0.3 is 5.76 Å². The van der Waals surface area contributed by atoms with E-state index in [0.717, 1.165) is 0 Å². The number of aliphatic hydroxyl groups excluding tert-OH is 1. The fourth-order valence-corrected chi connectivity index (χ4v) is 2.50. The monoisotopic (exact) mass is 375 g/mol. The topological polar surface area (TPSA) is 111 Å². The summed E-state index contributed by atoms with van der Waals surface area (Å²) in [6.07, 6.45) is -1.51. The van der Waals surface area contributed by atoms with E-state index >= 15 is 0 Å². The van der Waals surface area contributed by atoms with Crippen LogP contribution in [-0.4, -0.2) is 43.5 Å². The molecule has 1 heterocycles. The summed E-state index contributed by atoms with van der Waals surface area (Å²) in [5, 5.41) is 10.5. The van der Waals surface area contributed by atoms with Crippen molar-refractivity contribution in [1.29, 1.82) is 0 Å². The van der Waals surface area contributed by atoms with E-state index in [1.807, 2.05) is 0 Å². The molecule has 0 aliphatic heterocycles. The van der Waals surface area contributed by atoms with Gasteiger partial charge in [0.05, 0.1) is 26.0 Å². The van der Waals surface area contributed by atoms with Crippen molar-refractivity contribution in [2.45, 2.75) is 11.9 Å². The minimum Gasteiger partial charge on any atom is -0.481 e. The Kier molecular flexibility index (Phi) is 5.69. The van der Waals surface area contributed by atoms with Crippen LogP contribution >= 0.6 is 0 Å². The number of nitrogens with zero attached hydrogens (tertiary/aromatic N) is 2. The minimum absolute atomic E-state index is 0.0120. The van der Waals surface area contributed by atoms with Gasteiger partial charge in [-0.2, -0.15) is 18.7 Å². The second-order valence-corrected chi connectivity index (χ2v) is 6.36. The molecule has 11 heteroatoms. The number of alkyl halides is 2. The van der Waals surface area contributed by atoms with E-state index < -0.39 is 21.9 Å². The molecule has 0 amide bonds. The quantitative estimate of drug-likeness (QED) is 0.755. The molecule has 1 aromatic heterocycles. The van der Waals surface area contributed by atoms with Crippen molar-refractivity contribution in [3.05, 3.63) is 41.7 Å². The highest BCUT2D eigenvalue weighted by Crippen LogP contribution is 2.29. The van der Waals surface area contributed by atoms with E-state index in [0.29, 0.717) is 0 Å². The molecule has 0 spiro atoms. The first kappa shape index (κ1) is 18.8. The van der Waals surface area contributed by atoms with Gasteiger partial charge in [-0.1, -0.05) is 18.2 Å². The van der Waals surface area contributed by atoms with Gasteiger partial charge in [-0.05, 0) is 6.07 Å². The summed E-state index contributed by atoms with van der Waals surface area (Å²) >= 11 is 0. The number of sulfonamides is 1. The smallest absolute Gasteiger partial charge is 0.355 e. The SMILES string of the molecule is COc1cc(OC)nc(C(O)c2ccccc2NS(=O)(=O)C(F)F)n1. The number of halogens is 2. The number of anilines is 1. The van der Waals surface area contributed by atoms with Gasteiger partial charge in [-0.3, -0.25) is 4.72 Å². The molecule has 136 valence electrons. The average molecular weight is 375 g/mol. The second kappa shape index (κ2) is 7.57. The minimum atomic E-state index is -4.90. The molecular weight excluding hydrogens is 360 g/mol. The zero-order valence-corrected chi connectivity index (χ0v) is 14.0. The Bertz CT molecular complexity index is 826. The molecule has 0 saturated carbocycles. The Labute approximate surface area is 142 Å². The maximum absolute atomic E-state index is 12.6. The lowest BCUT2D eigenvalue weighted by Crippen LogP contribution is -2.22. The van der Waals surface area contributed by atoms with Crippen LogP contribution in [0.15, 0.2) is 30.3 Å². The molecule has 0 aliphatic carbocycles. The number of hydrogen-bond acceptors (Lipinski definition) is 7. The third-order valence-electron chi connectivity index (χ3n) is 3.10. The van der Waals surface area contributed by atoms with E-state index in [1.54, 1.807) is 4.72 Å². The molecule has 8 nitrogen and oxygen atoms in total. The van der Waals surface area contributed by atoms with E-state index in [1.165, 1.54) is 44.6 Å². The van der Waals surface area contributed by atoms with Crippen molar-refractivity contribution < 1.29 is 31.8 Å². The Balaban J connectivity index is 2.45. The Morgan fingerprint density at radius 1 is 1.12 bits per heavy atom. The number of nitrogens with one attached hydrogen (secondary N) is 1. The molecule has 2 N–H and O–H groups in total. The van der Waals surface area contributed by atoms with Gasteiger partial charge in [-0.15, -0.1) is 0 Å². The number of rotatable bonds is 7. The summed E-state index contributed by atoms with van der Waals surface area (Å²) < 4.78 is 59.6. The molecule has 2 aromatic rings. The van der Waals surface area contributed by atoms with Crippen molar-refractivity contribution in [2.75, 3.05) is 18.9 Å². The summed E-state index contributed by atoms with van der Waals surface area (Å²) in [7, 11) is -2.20. The zero-order chi connectivity index (χ0) is 18.6. The number of hydrogen-bond donors (Lipinski definition) is 2. The molecule has 0 bridgehead atoms. The summed E-state index contributed by atoms with van der Waals surface area (Å²) in [4.78, 5) is 7.92. The number of ether oxygens (including phenoxy) is 2. The van der Waals surface area contributed by atoms with Crippen LogP contribution in [0.3, 0.4) is 0 Å². The summed E-state index contributed by atoms with van der Waals surface area (Å²) in [6.45, 7) is 0. The lowest BCUT2D eigenvalue weighted by atomic mass is 10.1. The lowest BCUT2D eigenvalue weighted by Gasteiger charge is -2.16. The summed E-state index contributed by atoms with van der Waals surface area (Å²) in [6, 6.07) is 6.88.